The van der Waals surface area contributed by atoms with Crippen LogP contribution in [0.4, 0.5) is 0 Å². The summed E-state index contributed by atoms with van der Waals surface area (Å²) in [6.45, 7) is 12.5. The van der Waals surface area contributed by atoms with Crippen molar-refractivity contribution in [1.29, 1.82) is 0 Å². The maximum Gasteiger partial charge on any atom is 0.243 e. The van der Waals surface area contributed by atoms with Crippen molar-refractivity contribution in [3.8, 4) is 0 Å². The van der Waals surface area contributed by atoms with Crippen LogP contribution >= 0.6 is 0 Å². The number of amides is 1. The molecule has 0 radical (unpaired) electrons. The van der Waals surface area contributed by atoms with Crippen LogP contribution in [0.1, 0.15) is 47.0 Å². The zero-order valence-corrected chi connectivity index (χ0v) is 12.9. The molecule has 1 N–H and O–H groups in total. The largest absolute Gasteiger partial charge is 0.335 e. The summed E-state index contributed by atoms with van der Waals surface area (Å²) >= 11 is 0. The molecule has 110 valence electrons. The first-order valence-electron chi connectivity index (χ1n) is 7.77. The molecule has 0 aromatic carbocycles. The normalized spacial score (nSPS) is 29.8. The van der Waals surface area contributed by atoms with E-state index in [1.165, 1.54) is 6.42 Å². The van der Waals surface area contributed by atoms with Gasteiger partial charge in [0.05, 0.1) is 5.54 Å². The zero-order chi connectivity index (χ0) is 14.0. The Hall–Kier alpha value is -0.610. The molecular formula is C15H29N3O. The van der Waals surface area contributed by atoms with E-state index in [0.717, 1.165) is 39.0 Å². The van der Waals surface area contributed by atoms with Crippen molar-refractivity contribution in [3.63, 3.8) is 0 Å². The topological polar surface area (TPSA) is 35.6 Å². The summed E-state index contributed by atoms with van der Waals surface area (Å²) in [6, 6.07) is 0.851. The molecule has 2 fully saturated rings. The van der Waals surface area contributed by atoms with Gasteiger partial charge in [-0.15, -0.1) is 0 Å². The van der Waals surface area contributed by atoms with Crippen molar-refractivity contribution < 1.29 is 4.79 Å². The number of nitrogens with zero attached hydrogens (tertiary/aromatic N) is 2. The molecule has 2 aliphatic heterocycles. The van der Waals surface area contributed by atoms with Crippen LogP contribution in [0.15, 0.2) is 0 Å². The average molecular weight is 267 g/mol. The monoisotopic (exact) mass is 267 g/mol. The Labute approximate surface area is 117 Å². The van der Waals surface area contributed by atoms with Gasteiger partial charge < -0.3 is 10.2 Å². The Morgan fingerprint density at radius 3 is 2.47 bits per heavy atom. The van der Waals surface area contributed by atoms with Gasteiger partial charge in [-0.05, 0) is 40.0 Å². The molecule has 1 amide bonds. The van der Waals surface area contributed by atoms with Gasteiger partial charge in [0, 0.05) is 38.3 Å². The van der Waals surface area contributed by atoms with E-state index in [2.05, 4.69) is 42.8 Å². The molecule has 4 nitrogen and oxygen atoms in total. The second-order valence-corrected chi connectivity index (χ2v) is 6.50. The van der Waals surface area contributed by atoms with Crippen molar-refractivity contribution >= 4 is 5.91 Å². The summed E-state index contributed by atoms with van der Waals surface area (Å²) < 4.78 is 0. The first kappa shape index (κ1) is 14.8. The first-order valence-corrected chi connectivity index (χ1v) is 7.77. The van der Waals surface area contributed by atoms with E-state index in [1.807, 2.05) is 0 Å². The fourth-order valence-electron chi connectivity index (χ4n) is 3.51. The minimum atomic E-state index is -0.367. The number of hydrogen-bond acceptors (Lipinski definition) is 3. The minimum absolute atomic E-state index is 0.325. The molecule has 0 aliphatic carbocycles. The Bertz CT molecular complexity index is 323. The standard InChI is InChI=1S/C15H29N3O/c1-5-13-7-6-12(2)18(13)14(19)15(3,4)17-10-8-16-9-11-17/h12-13,16H,5-11H2,1-4H3. The smallest absolute Gasteiger partial charge is 0.243 e. The van der Waals surface area contributed by atoms with Crippen molar-refractivity contribution in [2.45, 2.75) is 64.6 Å². The third kappa shape index (κ3) is 2.79. The Morgan fingerprint density at radius 2 is 1.89 bits per heavy atom. The summed E-state index contributed by atoms with van der Waals surface area (Å²) in [5.74, 6) is 0.325. The number of hydrogen-bond donors (Lipinski definition) is 1. The van der Waals surface area contributed by atoms with Crippen LogP contribution in [0.3, 0.4) is 0 Å². The maximum atomic E-state index is 13.0. The number of carbonyl (C=O) groups excluding carboxylic acids is 1. The van der Waals surface area contributed by atoms with Crippen LogP contribution in [0.2, 0.25) is 0 Å². The first-order chi connectivity index (χ1) is 8.98. The van der Waals surface area contributed by atoms with Gasteiger partial charge >= 0.3 is 0 Å². The predicted octanol–water partition coefficient (Wildman–Crippen LogP) is 1.46. The second kappa shape index (κ2) is 5.80. The van der Waals surface area contributed by atoms with Crippen molar-refractivity contribution in [2.24, 2.45) is 0 Å². The lowest BCUT2D eigenvalue weighted by molar-refractivity contribution is -0.146. The van der Waals surface area contributed by atoms with Gasteiger partial charge in [0.15, 0.2) is 0 Å². The van der Waals surface area contributed by atoms with E-state index < -0.39 is 0 Å². The lowest BCUT2D eigenvalue weighted by Gasteiger charge is -2.44. The molecule has 2 atom stereocenters. The molecule has 0 spiro atoms. The summed E-state index contributed by atoms with van der Waals surface area (Å²) in [4.78, 5) is 17.5. The van der Waals surface area contributed by atoms with Gasteiger partial charge in [0.25, 0.3) is 0 Å². The molecule has 0 aromatic heterocycles. The highest BCUT2D eigenvalue weighted by molar-refractivity contribution is 5.86. The zero-order valence-electron chi connectivity index (χ0n) is 12.9. The van der Waals surface area contributed by atoms with E-state index in [0.29, 0.717) is 18.0 Å². The third-order valence-corrected chi connectivity index (χ3v) is 4.92. The van der Waals surface area contributed by atoms with E-state index in [1.54, 1.807) is 0 Å². The van der Waals surface area contributed by atoms with Gasteiger partial charge in [-0.2, -0.15) is 0 Å². The van der Waals surface area contributed by atoms with Gasteiger partial charge in [-0.3, -0.25) is 9.69 Å². The number of rotatable bonds is 3. The summed E-state index contributed by atoms with van der Waals surface area (Å²) in [5.41, 5.74) is -0.367. The van der Waals surface area contributed by atoms with Crippen LogP contribution in [0.5, 0.6) is 0 Å². The van der Waals surface area contributed by atoms with Gasteiger partial charge in [-0.25, -0.2) is 0 Å². The SMILES string of the molecule is CCC1CCC(C)N1C(=O)C(C)(C)N1CCNCC1. The van der Waals surface area contributed by atoms with Crippen LogP contribution in [-0.4, -0.2) is 59.5 Å². The van der Waals surface area contributed by atoms with Crippen molar-refractivity contribution in [2.75, 3.05) is 26.2 Å². The Balaban J connectivity index is 2.12. The van der Waals surface area contributed by atoms with Crippen molar-refractivity contribution in [1.82, 2.24) is 15.1 Å². The number of carbonyl (C=O) groups is 1. The van der Waals surface area contributed by atoms with Crippen LogP contribution in [-0.2, 0) is 4.79 Å². The summed E-state index contributed by atoms with van der Waals surface area (Å²) in [5, 5.41) is 3.36. The number of piperazine rings is 1. The van der Waals surface area contributed by atoms with Gasteiger partial charge in [0.2, 0.25) is 5.91 Å². The van der Waals surface area contributed by atoms with Crippen LogP contribution < -0.4 is 5.32 Å². The molecule has 2 rings (SSSR count). The van der Waals surface area contributed by atoms with E-state index in [9.17, 15) is 4.79 Å². The molecule has 4 heteroatoms. The second-order valence-electron chi connectivity index (χ2n) is 6.50. The fourth-order valence-corrected chi connectivity index (χ4v) is 3.51. The molecule has 0 bridgehead atoms. The summed E-state index contributed by atoms with van der Waals surface area (Å²) in [6.07, 6.45) is 3.40. The molecule has 19 heavy (non-hydrogen) atoms. The molecule has 0 saturated carbocycles. The third-order valence-electron chi connectivity index (χ3n) is 4.92. The molecular weight excluding hydrogens is 238 g/mol. The van der Waals surface area contributed by atoms with E-state index >= 15 is 0 Å². The van der Waals surface area contributed by atoms with Gasteiger partial charge in [0.1, 0.15) is 0 Å². The highest BCUT2D eigenvalue weighted by Gasteiger charge is 2.43. The van der Waals surface area contributed by atoms with Gasteiger partial charge in [-0.1, -0.05) is 6.92 Å². The van der Waals surface area contributed by atoms with Crippen LogP contribution in [0.25, 0.3) is 0 Å². The molecule has 2 saturated heterocycles. The van der Waals surface area contributed by atoms with Crippen LogP contribution in [0, 0.1) is 0 Å². The lowest BCUT2D eigenvalue weighted by atomic mass is 9.98. The Morgan fingerprint density at radius 1 is 1.26 bits per heavy atom. The van der Waals surface area contributed by atoms with Crippen molar-refractivity contribution in [3.05, 3.63) is 0 Å². The predicted molar refractivity (Wildman–Crippen MR) is 78.1 cm³/mol. The van der Waals surface area contributed by atoms with E-state index in [4.69, 9.17) is 0 Å². The fraction of sp³-hybridized carbons (Fsp3) is 0.933. The summed E-state index contributed by atoms with van der Waals surface area (Å²) in [7, 11) is 0. The molecule has 2 unspecified atom stereocenters. The maximum absolute atomic E-state index is 13.0. The highest BCUT2D eigenvalue weighted by atomic mass is 16.2. The Kier molecular flexibility index (Phi) is 4.51. The average Bonchev–Trinajstić information content (AvgIpc) is 2.79. The highest BCUT2D eigenvalue weighted by Crippen LogP contribution is 2.30. The number of likely N-dealkylation sites (tertiary alicyclic amines) is 1. The molecule has 2 heterocycles. The molecule has 0 aromatic rings. The lowest BCUT2D eigenvalue weighted by Crippen LogP contribution is -2.62. The quantitative estimate of drug-likeness (QED) is 0.841. The van der Waals surface area contributed by atoms with E-state index in [-0.39, 0.29) is 5.54 Å². The molecule has 2 aliphatic rings. The number of nitrogens with one attached hydrogen (secondary N) is 1. The minimum Gasteiger partial charge on any atom is -0.335 e.